The van der Waals surface area contributed by atoms with E-state index in [1.165, 1.54) is 27.6 Å². The molecule has 1 atom stereocenters. The summed E-state index contributed by atoms with van der Waals surface area (Å²) in [5, 5.41) is 0. The van der Waals surface area contributed by atoms with E-state index in [0.717, 1.165) is 0 Å². The predicted octanol–water partition coefficient (Wildman–Crippen LogP) is 1.27. The molecule has 0 aromatic heterocycles. The molecule has 1 unspecified atom stereocenters. The van der Waals surface area contributed by atoms with Gasteiger partial charge in [0.15, 0.2) is 17.3 Å². The van der Waals surface area contributed by atoms with Crippen molar-refractivity contribution in [2.24, 2.45) is 0 Å². The van der Waals surface area contributed by atoms with Gasteiger partial charge in [-0.05, 0) is 12.1 Å². The molecule has 100 valence electrons. The normalized spacial score (nSPS) is 11.8. The average molecular weight is 272 g/mol. The molecule has 0 saturated carbocycles. The van der Waals surface area contributed by atoms with Gasteiger partial charge in [-0.25, -0.2) is 0 Å². The Bertz CT molecular complexity index is 445. The largest absolute Gasteiger partial charge is 0.493 e. The lowest BCUT2D eigenvalue weighted by Crippen LogP contribution is -2.10. The molecular formula is C12H16O5S. The Kier molecular flexibility index (Phi) is 5.15. The first-order valence-electron chi connectivity index (χ1n) is 5.16. The van der Waals surface area contributed by atoms with Crippen molar-refractivity contribution in [2.45, 2.75) is 0 Å². The fraction of sp³-hybridized carbons (Fsp3) is 0.417. The van der Waals surface area contributed by atoms with Gasteiger partial charge in [0.05, 0.1) is 27.1 Å². The minimum atomic E-state index is -1.18. The summed E-state index contributed by atoms with van der Waals surface area (Å²) in [5.41, 5.74) is 0.389. The number of hydrogen-bond donors (Lipinski definition) is 0. The number of methoxy groups -OCH3 is 3. The first kappa shape index (κ1) is 14.5. The molecular weight excluding hydrogens is 256 g/mol. The highest BCUT2D eigenvalue weighted by molar-refractivity contribution is 7.85. The minimum absolute atomic E-state index is 0.0291. The molecule has 0 heterocycles. The van der Waals surface area contributed by atoms with E-state index >= 15 is 0 Å². The van der Waals surface area contributed by atoms with Crippen molar-refractivity contribution in [1.82, 2.24) is 0 Å². The zero-order chi connectivity index (χ0) is 13.7. The number of Topliss-reactive ketones (excluding diaryl/α,β-unsaturated/α-hetero) is 1. The van der Waals surface area contributed by atoms with Crippen LogP contribution < -0.4 is 14.2 Å². The van der Waals surface area contributed by atoms with Gasteiger partial charge in [-0.3, -0.25) is 9.00 Å². The Morgan fingerprint density at radius 1 is 1.11 bits per heavy atom. The van der Waals surface area contributed by atoms with Crippen LogP contribution in [0.2, 0.25) is 0 Å². The van der Waals surface area contributed by atoms with Crippen LogP contribution in [0.15, 0.2) is 12.1 Å². The van der Waals surface area contributed by atoms with Gasteiger partial charge < -0.3 is 14.2 Å². The maximum atomic E-state index is 11.8. The second-order valence-electron chi connectivity index (χ2n) is 3.55. The first-order valence-corrected chi connectivity index (χ1v) is 6.89. The molecule has 0 aliphatic heterocycles. The molecule has 0 spiro atoms. The molecule has 0 fully saturated rings. The van der Waals surface area contributed by atoms with Crippen LogP contribution in [0.25, 0.3) is 0 Å². The highest BCUT2D eigenvalue weighted by Gasteiger charge is 2.17. The van der Waals surface area contributed by atoms with Gasteiger partial charge in [0.1, 0.15) is 0 Å². The fourth-order valence-corrected chi connectivity index (χ4v) is 2.05. The Labute approximate surface area is 108 Å². The monoisotopic (exact) mass is 272 g/mol. The molecule has 0 bridgehead atoms. The van der Waals surface area contributed by atoms with Gasteiger partial charge in [0.25, 0.3) is 0 Å². The molecule has 1 rings (SSSR count). The molecule has 1 aromatic rings. The van der Waals surface area contributed by atoms with Crippen molar-refractivity contribution in [1.29, 1.82) is 0 Å². The highest BCUT2D eigenvalue weighted by Crippen LogP contribution is 2.38. The molecule has 18 heavy (non-hydrogen) atoms. The molecule has 0 amide bonds. The van der Waals surface area contributed by atoms with E-state index in [4.69, 9.17) is 14.2 Å². The molecule has 0 aliphatic carbocycles. The van der Waals surface area contributed by atoms with Crippen molar-refractivity contribution in [2.75, 3.05) is 33.3 Å². The van der Waals surface area contributed by atoms with Crippen molar-refractivity contribution in [3.8, 4) is 17.2 Å². The standard InChI is InChI=1S/C12H16O5S/c1-15-10-5-8(9(13)7-18(4)14)6-11(16-2)12(10)17-3/h5-6H,7H2,1-4H3. The maximum Gasteiger partial charge on any atom is 0.203 e. The second-order valence-corrected chi connectivity index (χ2v) is 4.99. The van der Waals surface area contributed by atoms with E-state index < -0.39 is 10.8 Å². The van der Waals surface area contributed by atoms with Crippen LogP contribution in [-0.2, 0) is 10.8 Å². The van der Waals surface area contributed by atoms with Crippen molar-refractivity contribution in [3.63, 3.8) is 0 Å². The topological polar surface area (TPSA) is 61.8 Å². The van der Waals surface area contributed by atoms with Crippen molar-refractivity contribution >= 4 is 16.6 Å². The first-order chi connectivity index (χ1) is 8.53. The number of carbonyl (C=O) groups is 1. The predicted molar refractivity (Wildman–Crippen MR) is 69.4 cm³/mol. The average Bonchev–Trinajstić information content (AvgIpc) is 2.35. The van der Waals surface area contributed by atoms with Gasteiger partial charge >= 0.3 is 0 Å². The second kappa shape index (κ2) is 6.39. The summed E-state index contributed by atoms with van der Waals surface area (Å²) in [5.74, 6) is 0.979. The smallest absolute Gasteiger partial charge is 0.203 e. The fourth-order valence-electron chi connectivity index (χ4n) is 1.51. The third-order valence-corrected chi connectivity index (χ3v) is 2.99. The summed E-state index contributed by atoms with van der Waals surface area (Å²) in [6.45, 7) is 0. The summed E-state index contributed by atoms with van der Waals surface area (Å²) < 4.78 is 26.5. The zero-order valence-electron chi connectivity index (χ0n) is 10.8. The van der Waals surface area contributed by atoms with Crippen LogP contribution in [0.4, 0.5) is 0 Å². The highest BCUT2D eigenvalue weighted by atomic mass is 32.2. The summed E-state index contributed by atoms with van der Waals surface area (Å²) in [7, 11) is 3.26. The minimum Gasteiger partial charge on any atom is -0.493 e. The van der Waals surface area contributed by atoms with Gasteiger partial charge in [-0.15, -0.1) is 0 Å². The SMILES string of the molecule is COc1cc(C(=O)CS(C)=O)cc(OC)c1OC. The van der Waals surface area contributed by atoms with E-state index in [2.05, 4.69) is 0 Å². The number of benzene rings is 1. The Hall–Kier alpha value is -1.56. The Balaban J connectivity index is 3.22. The third kappa shape index (κ3) is 3.22. The van der Waals surface area contributed by atoms with Crippen LogP contribution in [0.3, 0.4) is 0 Å². The van der Waals surface area contributed by atoms with E-state index in [0.29, 0.717) is 22.8 Å². The van der Waals surface area contributed by atoms with Crippen molar-refractivity contribution < 1.29 is 23.2 Å². The van der Waals surface area contributed by atoms with E-state index in [1.807, 2.05) is 0 Å². The van der Waals surface area contributed by atoms with Gasteiger partial charge in [-0.2, -0.15) is 0 Å². The van der Waals surface area contributed by atoms with Gasteiger partial charge in [0.2, 0.25) is 5.75 Å². The van der Waals surface area contributed by atoms with Gasteiger partial charge in [-0.1, -0.05) is 0 Å². The Morgan fingerprint density at radius 2 is 1.61 bits per heavy atom. The molecule has 6 heteroatoms. The van der Waals surface area contributed by atoms with Crippen LogP contribution in [0, 0.1) is 0 Å². The van der Waals surface area contributed by atoms with E-state index in [9.17, 15) is 9.00 Å². The molecule has 0 aliphatic rings. The zero-order valence-corrected chi connectivity index (χ0v) is 11.6. The number of carbonyl (C=O) groups excluding carboxylic acids is 1. The van der Waals surface area contributed by atoms with Crippen LogP contribution in [0.1, 0.15) is 10.4 Å². The number of ether oxygens (including phenoxy) is 3. The van der Waals surface area contributed by atoms with E-state index in [1.54, 1.807) is 12.1 Å². The van der Waals surface area contributed by atoms with Crippen LogP contribution >= 0.6 is 0 Å². The van der Waals surface area contributed by atoms with E-state index in [-0.39, 0.29) is 11.5 Å². The quantitative estimate of drug-likeness (QED) is 0.730. The summed E-state index contributed by atoms with van der Waals surface area (Å²) in [6.07, 6.45) is 1.48. The summed E-state index contributed by atoms with van der Waals surface area (Å²) in [4.78, 5) is 11.8. The van der Waals surface area contributed by atoms with Crippen molar-refractivity contribution in [3.05, 3.63) is 17.7 Å². The van der Waals surface area contributed by atoms with Crippen LogP contribution in [-0.4, -0.2) is 43.3 Å². The summed E-state index contributed by atoms with van der Waals surface area (Å²) >= 11 is 0. The lowest BCUT2D eigenvalue weighted by molar-refractivity contribution is 0.102. The number of rotatable bonds is 6. The molecule has 0 N–H and O–H groups in total. The third-order valence-electron chi connectivity index (χ3n) is 2.32. The Morgan fingerprint density at radius 3 is 1.94 bits per heavy atom. The van der Waals surface area contributed by atoms with Crippen LogP contribution in [0.5, 0.6) is 17.2 Å². The molecule has 1 aromatic carbocycles. The maximum absolute atomic E-state index is 11.8. The lowest BCUT2D eigenvalue weighted by atomic mass is 10.1. The molecule has 5 nitrogen and oxygen atoms in total. The number of ketones is 1. The number of hydrogen-bond acceptors (Lipinski definition) is 5. The lowest BCUT2D eigenvalue weighted by Gasteiger charge is -2.13. The molecule has 0 radical (unpaired) electrons. The van der Waals surface area contributed by atoms with Gasteiger partial charge in [0, 0.05) is 22.6 Å². The molecule has 0 saturated heterocycles. The summed E-state index contributed by atoms with van der Waals surface area (Å²) in [6, 6.07) is 3.10.